The highest BCUT2D eigenvalue weighted by atomic mass is 32.2. The Labute approximate surface area is 205 Å². The highest BCUT2D eigenvalue weighted by molar-refractivity contribution is 7.92. The van der Waals surface area contributed by atoms with Crippen LogP contribution in [0.3, 0.4) is 0 Å². The summed E-state index contributed by atoms with van der Waals surface area (Å²) >= 11 is 0. The summed E-state index contributed by atoms with van der Waals surface area (Å²) in [4.78, 5) is 13.3. The molecule has 6 nitrogen and oxygen atoms in total. The van der Waals surface area contributed by atoms with Gasteiger partial charge in [0.1, 0.15) is 5.75 Å². The molecule has 5 rings (SSSR count). The van der Waals surface area contributed by atoms with Gasteiger partial charge in [-0.1, -0.05) is 60.2 Å². The van der Waals surface area contributed by atoms with Crippen LogP contribution in [0, 0.1) is 13.8 Å². The molecule has 35 heavy (non-hydrogen) atoms. The molecule has 1 heterocycles. The van der Waals surface area contributed by atoms with E-state index in [0.717, 1.165) is 27.5 Å². The number of sulfonamides is 1. The molecule has 0 aliphatic carbocycles. The van der Waals surface area contributed by atoms with Gasteiger partial charge in [0.25, 0.3) is 15.9 Å². The van der Waals surface area contributed by atoms with Crippen LogP contribution in [0.2, 0.25) is 0 Å². The van der Waals surface area contributed by atoms with Crippen LogP contribution in [0.4, 0.5) is 5.69 Å². The molecule has 1 aliphatic rings. The molecule has 4 aromatic carbocycles. The highest BCUT2D eigenvalue weighted by Gasteiger charge is 2.37. The standard InChI is InChI=1S/C28H26N2O4S/c1-19-7-12-24(13-8-19)35(32,33)30-18-27(34-26-15-20(2)9-14-25(26)30)28(31)29-17-21-10-11-22-5-3-4-6-23(22)16-21/h3-16,27H,17-18H2,1-2H3,(H,29,31)/t27-/m1/s1. The Balaban J connectivity index is 1.40. The molecule has 1 aliphatic heterocycles. The average Bonchev–Trinajstić information content (AvgIpc) is 2.86. The van der Waals surface area contributed by atoms with E-state index in [1.54, 1.807) is 36.4 Å². The summed E-state index contributed by atoms with van der Waals surface area (Å²) in [5, 5.41) is 5.13. The van der Waals surface area contributed by atoms with Crippen molar-refractivity contribution in [3.63, 3.8) is 0 Å². The van der Waals surface area contributed by atoms with Crippen LogP contribution in [0.5, 0.6) is 5.75 Å². The molecule has 4 aromatic rings. The molecule has 0 saturated carbocycles. The number of benzene rings is 4. The number of nitrogens with one attached hydrogen (secondary N) is 1. The number of ether oxygens (including phenoxy) is 1. The third-order valence-electron chi connectivity index (χ3n) is 6.17. The van der Waals surface area contributed by atoms with Crippen molar-refractivity contribution in [2.24, 2.45) is 0 Å². The molecule has 0 bridgehead atoms. The van der Waals surface area contributed by atoms with Crippen molar-refractivity contribution in [2.75, 3.05) is 10.8 Å². The van der Waals surface area contributed by atoms with Crippen LogP contribution in [0.25, 0.3) is 10.8 Å². The summed E-state index contributed by atoms with van der Waals surface area (Å²) in [5.41, 5.74) is 3.25. The second kappa shape index (κ2) is 9.07. The molecule has 0 radical (unpaired) electrons. The van der Waals surface area contributed by atoms with E-state index in [0.29, 0.717) is 18.0 Å². The number of aryl methyl sites for hydroxylation is 2. The molecular weight excluding hydrogens is 460 g/mol. The van der Waals surface area contributed by atoms with Gasteiger partial charge < -0.3 is 10.1 Å². The molecular formula is C28H26N2O4S. The van der Waals surface area contributed by atoms with Crippen LogP contribution in [0.1, 0.15) is 16.7 Å². The summed E-state index contributed by atoms with van der Waals surface area (Å²) in [7, 11) is -3.89. The lowest BCUT2D eigenvalue weighted by molar-refractivity contribution is -0.127. The van der Waals surface area contributed by atoms with Gasteiger partial charge in [-0.2, -0.15) is 0 Å². The quantitative estimate of drug-likeness (QED) is 0.443. The van der Waals surface area contributed by atoms with Crippen LogP contribution >= 0.6 is 0 Å². The molecule has 7 heteroatoms. The lowest BCUT2D eigenvalue weighted by Crippen LogP contribution is -2.50. The molecule has 1 amide bonds. The fraction of sp³-hybridized carbons (Fsp3) is 0.179. The largest absolute Gasteiger partial charge is 0.476 e. The fourth-order valence-corrected chi connectivity index (χ4v) is 5.69. The maximum absolute atomic E-state index is 13.6. The first-order chi connectivity index (χ1) is 16.8. The molecule has 0 spiro atoms. The molecule has 0 saturated heterocycles. The topological polar surface area (TPSA) is 75.7 Å². The van der Waals surface area contributed by atoms with Gasteiger partial charge in [-0.3, -0.25) is 9.10 Å². The molecule has 1 atom stereocenters. The number of carbonyl (C=O) groups is 1. The van der Waals surface area contributed by atoms with Crippen molar-refractivity contribution in [1.29, 1.82) is 0 Å². The summed E-state index contributed by atoms with van der Waals surface area (Å²) in [6, 6.07) is 26.1. The Morgan fingerprint density at radius 3 is 2.40 bits per heavy atom. The van der Waals surface area contributed by atoms with Crippen LogP contribution in [-0.2, 0) is 21.4 Å². The zero-order chi connectivity index (χ0) is 24.6. The lowest BCUT2D eigenvalue weighted by atomic mass is 10.1. The Morgan fingerprint density at radius 1 is 0.914 bits per heavy atom. The van der Waals surface area contributed by atoms with E-state index in [4.69, 9.17) is 4.74 Å². The van der Waals surface area contributed by atoms with Crippen molar-refractivity contribution in [2.45, 2.75) is 31.4 Å². The second-order valence-electron chi connectivity index (χ2n) is 8.83. The third kappa shape index (κ3) is 4.59. The average molecular weight is 487 g/mol. The Bertz CT molecular complexity index is 1510. The van der Waals surface area contributed by atoms with Gasteiger partial charge in [-0.15, -0.1) is 0 Å². The number of hydrogen-bond acceptors (Lipinski definition) is 4. The van der Waals surface area contributed by atoms with E-state index >= 15 is 0 Å². The number of hydrogen-bond donors (Lipinski definition) is 1. The van der Waals surface area contributed by atoms with Crippen molar-refractivity contribution in [3.05, 3.63) is 102 Å². The monoisotopic (exact) mass is 486 g/mol. The summed E-state index contributed by atoms with van der Waals surface area (Å²) in [6.45, 7) is 4.00. The van der Waals surface area contributed by atoms with E-state index < -0.39 is 16.1 Å². The van der Waals surface area contributed by atoms with E-state index in [2.05, 4.69) is 5.32 Å². The number of carbonyl (C=O) groups excluding carboxylic acids is 1. The van der Waals surface area contributed by atoms with Gasteiger partial charge in [0, 0.05) is 6.54 Å². The van der Waals surface area contributed by atoms with Crippen molar-refractivity contribution >= 4 is 32.4 Å². The minimum absolute atomic E-state index is 0.115. The first-order valence-corrected chi connectivity index (χ1v) is 12.9. The minimum atomic E-state index is -3.89. The number of amides is 1. The Morgan fingerprint density at radius 2 is 1.63 bits per heavy atom. The SMILES string of the molecule is Cc1ccc(S(=O)(=O)N2C[C@H](C(=O)NCc3ccc4ccccc4c3)Oc3cc(C)ccc32)cc1. The van der Waals surface area contributed by atoms with Gasteiger partial charge in [-0.05, 0) is 66.1 Å². The fourth-order valence-electron chi connectivity index (χ4n) is 4.21. The van der Waals surface area contributed by atoms with Gasteiger partial charge in [0.05, 0.1) is 17.1 Å². The normalized spacial score (nSPS) is 15.4. The maximum atomic E-state index is 13.6. The van der Waals surface area contributed by atoms with Gasteiger partial charge in [0.2, 0.25) is 0 Å². The van der Waals surface area contributed by atoms with Crippen LogP contribution in [0.15, 0.2) is 89.8 Å². The van der Waals surface area contributed by atoms with Crippen LogP contribution < -0.4 is 14.4 Å². The highest BCUT2D eigenvalue weighted by Crippen LogP contribution is 2.37. The van der Waals surface area contributed by atoms with Gasteiger partial charge in [0.15, 0.2) is 6.10 Å². The summed E-state index contributed by atoms with van der Waals surface area (Å²) in [6.07, 6.45) is -0.982. The van der Waals surface area contributed by atoms with E-state index in [9.17, 15) is 13.2 Å². The predicted molar refractivity (Wildman–Crippen MR) is 137 cm³/mol. The third-order valence-corrected chi connectivity index (χ3v) is 7.96. The van der Waals surface area contributed by atoms with Crippen molar-refractivity contribution in [1.82, 2.24) is 5.32 Å². The van der Waals surface area contributed by atoms with E-state index in [1.165, 1.54) is 4.31 Å². The van der Waals surface area contributed by atoms with Crippen molar-refractivity contribution < 1.29 is 17.9 Å². The maximum Gasteiger partial charge on any atom is 0.264 e. The molecule has 0 fully saturated rings. The molecule has 0 unspecified atom stereocenters. The number of fused-ring (bicyclic) bond motifs is 2. The Hall–Kier alpha value is -3.84. The predicted octanol–water partition coefficient (Wildman–Crippen LogP) is 4.73. The lowest BCUT2D eigenvalue weighted by Gasteiger charge is -2.35. The number of nitrogens with zero attached hydrogens (tertiary/aromatic N) is 1. The number of anilines is 1. The second-order valence-corrected chi connectivity index (χ2v) is 10.7. The van der Waals surface area contributed by atoms with E-state index in [1.807, 2.05) is 62.4 Å². The summed E-state index contributed by atoms with van der Waals surface area (Å²) in [5.74, 6) is 0.00668. The number of rotatable bonds is 5. The summed E-state index contributed by atoms with van der Waals surface area (Å²) < 4.78 is 34.4. The van der Waals surface area contributed by atoms with E-state index in [-0.39, 0.29) is 17.3 Å². The van der Waals surface area contributed by atoms with Gasteiger partial charge in [-0.25, -0.2) is 8.42 Å². The molecule has 1 N–H and O–H groups in total. The zero-order valence-corrected chi connectivity index (χ0v) is 20.4. The van der Waals surface area contributed by atoms with Gasteiger partial charge >= 0.3 is 0 Å². The molecule has 0 aromatic heterocycles. The first kappa shape index (κ1) is 22.9. The Kier molecular flexibility index (Phi) is 5.94. The smallest absolute Gasteiger partial charge is 0.264 e. The zero-order valence-electron chi connectivity index (χ0n) is 19.6. The minimum Gasteiger partial charge on any atom is -0.476 e. The van der Waals surface area contributed by atoms with Crippen molar-refractivity contribution in [3.8, 4) is 5.75 Å². The van der Waals surface area contributed by atoms with Crippen LogP contribution in [-0.4, -0.2) is 27.0 Å². The first-order valence-electron chi connectivity index (χ1n) is 11.4. The molecule has 178 valence electrons.